The minimum atomic E-state index is -0.0243. The van der Waals surface area contributed by atoms with Gasteiger partial charge in [-0.2, -0.15) is 9.18 Å². The quantitative estimate of drug-likeness (QED) is 0.0776. The third kappa shape index (κ3) is 7.15. The van der Waals surface area contributed by atoms with Crippen molar-refractivity contribution in [3.05, 3.63) is 198 Å². The van der Waals surface area contributed by atoms with Gasteiger partial charge in [0.15, 0.2) is 18.0 Å². The van der Waals surface area contributed by atoms with E-state index >= 15 is 0 Å². The number of pyridine rings is 1. The minimum Gasteiger partial charge on any atom is -0.457 e. The summed E-state index contributed by atoms with van der Waals surface area (Å²) in [6.07, 6.45) is 1.94. The molecule has 2 aliphatic heterocycles. The molecule has 70 heavy (non-hydrogen) atoms. The summed E-state index contributed by atoms with van der Waals surface area (Å²) in [7, 11) is 0. The number of rotatable bonds is 10. The van der Waals surface area contributed by atoms with Crippen molar-refractivity contribution in [1.29, 1.82) is 0 Å². The van der Waals surface area contributed by atoms with Gasteiger partial charge in [0.05, 0.1) is 11.0 Å². The van der Waals surface area contributed by atoms with Crippen molar-refractivity contribution in [1.82, 2.24) is 18.7 Å². The average molecular weight is 920 g/mol. The first kappa shape index (κ1) is 45.6. The Bertz CT molecular complexity index is 3500. The molecule has 0 saturated carbocycles. The fourth-order valence-corrected chi connectivity index (χ4v) is 11.4. The molecule has 2 aliphatic rings. The Hall–Kier alpha value is -6.79. The zero-order chi connectivity index (χ0) is 49.1. The van der Waals surface area contributed by atoms with Crippen LogP contribution >= 0.6 is 0 Å². The Labute approximate surface area is 415 Å². The summed E-state index contributed by atoms with van der Waals surface area (Å²) in [6, 6.07) is 58.9. The van der Waals surface area contributed by atoms with Gasteiger partial charge in [-0.1, -0.05) is 162 Å². The Kier molecular flexibility index (Phi) is 10.7. The van der Waals surface area contributed by atoms with Gasteiger partial charge < -0.3 is 4.74 Å². The zero-order valence-corrected chi connectivity index (χ0v) is 43.1. The molecule has 0 aliphatic carbocycles. The van der Waals surface area contributed by atoms with Crippen LogP contribution in [0.15, 0.2) is 164 Å². The molecule has 0 amide bonds. The van der Waals surface area contributed by atoms with Crippen molar-refractivity contribution in [2.24, 2.45) is 0 Å². The van der Waals surface area contributed by atoms with Crippen LogP contribution in [-0.2, 0) is 10.8 Å². The number of hydrogen-bond donors (Lipinski definition) is 0. The monoisotopic (exact) mass is 920 g/mol. The lowest BCUT2D eigenvalue weighted by Gasteiger charge is -2.41. The molecule has 9 aromatic rings. The fraction of sp³-hybridized carbons (Fsp3) is 0.262. The fourth-order valence-electron chi connectivity index (χ4n) is 11.4. The summed E-state index contributed by atoms with van der Waals surface area (Å²) in [4.78, 5) is 4.97. The van der Waals surface area contributed by atoms with Crippen LogP contribution in [-0.4, -0.2) is 9.55 Å². The SMILES string of the molecule is CC(C)c1ccccc1-c1cc(Oc2ccc3c4ccccc4n(-c4cc(C(C)(C)C)ccn4)c3c2)cc([N+]23[CH-][N@+]2(c2cccc(-c4c(C(C)C)cccc4C(C)C)c2)c2ccc(C(C)(C)C)cc23)c1. The Morgan fingerprint density at radius 2 is 1.11 bits per heavy atom. The van der Waals surface area contributed by atoms with Crippen LogP contribution in [0.2, 0.25) is 0 Å². The molecular formula is C65H67N4O+. The van der Waals surface area contributed by atoms with Gasteiger partial charge in [0, 0.05) is 59.4 Å². The number of nitrogens with zero attached hydrogens (tertiary/aromatic N) is 4. The van der Waals surface area contributed by atoms with E-state index in [0.29, 0.717) is 26.9 Å². The standard InChI is InChI=1S/C65H67N4O/c1-41(2)52-21-13-14-22-55(52)45-34-49(38-51(35-45)70-50-28-29-57-56-23-15-16-26-58(56)67(59(57)39-50)62-37-47(31-32-66-62)65(10,11)12)69-40-68(69,60-30-27-46(36-61(60)69)64(7,8)9)48-20-17-19-44(33-48)63-53(42(3)4)24-18-25-54(63)43(5)6/h13-43H,1-12H3/q+1/t68-,69?/m0/s1. The van der Waals surface area contributed by atoms with Crippen LogP contribution in [0, 0.1) is 6.67 Å². The van der Waals surface area contributed by atoms with E-state index in [1.165, 1.54) is 72.6 Å². The summed E-state index contributed by atoms with van der Waals surface area (Å²) >= 11 is 0. The first-order valence-electron chi connectivity index (χ1n) is 25.4. The maximum Gasteiger partial charge on any atom is 0.225 e. The van der Waals surface area contributed by atoms with Crippen molar-refractivity contribution >= 4 is 44.6 Å². The second-order valence-corrected chi connectivity index (χ2v) is 22.9. The highest BCUT2D eigenvalue weighted by Gasteiger charge is 2.78. The molecule has 0 bridgehead atoms. The second-order valence-electron chi connectivity index (χ2n) is 22.9. The molecule has 352 valence electrons. The number of ether oxygens (including phenoxy) is 1. The van der Waals surface area contributed by atoms with E-state index in [1.54, 1.807) is 0 Å². The molecule has 0 spiro atoms. The molecule has 5 heteroatoms. The number of aromatic nitrogens is 2. The highest BCUT2D eigenvalue weighted by atomic mass is 16.5. The maximum absolute atomic E-state index is 7.22. The van der Waals surface area contributed by atoms with Gasteiger partial charge in [-0.15, -0.1) is 0 Å². The summed E-state index contributed by atoms with van der Waals surface area (Å²) < 4.78 is 10.7. The molecule has 4 heterocycles. The molecule has 5 nitrogen and oxygen atoms in total. The zero-order valence-electron chi connectivity index (χ0n) is 43.1. The lowest BCUT2D eigenvalue weighted by atomic mass is 9.84. The molecule has 1 unspecified atom stereocenters. The molecule has 11 rings (SSSR count). The lowest BCUT2D eigenvalue weighted by Crippen LogP contribution is -2.46. The smallest absolute Gasteiger partial charge is 0.225 e. The van der Waals surface area contributed by atoms with Gasteiger partial charge in [0.25, 0.3) is 0 Å². The molecule has 1 fully saturated rings. The number of hydrogen-bond acceptors (Lipinski definition) is 2. The van der Waals surface area contributed by atoms with Crippen LogP contribution in [0.4, 0.5) is 22.7 Å². The second kappa shape index (κ2) is 16.4. The van der Waals surface area contributed by atoms with Gasteiger partial charge in [0.1, 0.15) is 17.3 Å². The van der Waals surface area contributed by atoms with E-state index in [1.807, 2.05) is 6.20 Å². The third-order valence-corrected chi connectivity index (χ3v) is 15.2. The molecule has 7 aromatic carbocycles. The highest BCUT2D eigenvalue weighted by molar-refractivity contribution is 6.09. The van der Waals surface area contributed by atoms with E-state index < -0.39 is 0 Å². The van der Waals surface area contributed by atoms with Crippen LogP contribution in [0.1, 0.15) is 129 Å². The van der Waals surface area contributed by atoms with Gasteiger partial charge in [-0.3, -0.25) is 4.57 Å². The van der Waals surface area contributed by atoms with Crippen LogP contribution in [0.25, 0.3) is 49.9 Å². The minimum absolute atomic E-state index is 0.0228. The number of benzene rings is 7. The molecule has 2 aromatic heterocycles. The summed E-state index contributed by atoms with van der Waals surface area (Å²) in [5, 5.41) is 2.35. The Morgan fingerprint density at radius 1 is 0.486 bits per heavy atom. The topological polar surface area (TPSA) is 27.1 Å². The van der Waals surface area contributed by atoms with E-state index in [0.717, 1.165) is 39.3 Å². The largest absolute Gasteiger partial charge is 0.457 e. The number of para-hydroxylation sites is 1. The maximum atomic E-state index is 7.22. The van der Waals surface area contributed by atoms with Crippen molar-refractivity contribution in [3.63, 3.8) is 0 Å². The molecular weight excluding hydrogens is 853 g/mol. The van der Waals surface area contributed by atoms with Crippen molar-refractivity contribution < 1.29 is 4.74 Å². The summed E-state index contributed by atoms with van der Waals surface area (Å²) in [6.45, 7) is 30.1. The van der Waals surface area contributed by atoms with Crippen LogP contribution in [0.3, 0.4) is 0 Å². The average Bonchev–Trinajstić information content (AvgIpc) is 3.83. The predicted octanol–water partition coefficient (Wildman–Crippen LogP) is 18.6. The van der Waals surface area contributed by atoms with E-state index in [-0.39, 0.29) is 10.8 Å². The highest BCUT2D eigenvalue weighted by Crippen LogP contribution is 2.76. The molecule has 2 atom stereocenters. The first-order valence-corrected chi connectivity index (χ1v) is 25.4. The predicted molar refractivity (Wildman–Crippen MR) is 296 cm³/mol. The van der Waals surface area contributed by atoms with Gasteiger partial charge in [0.2, 0.25) is 11.4 Å². The number of quaternary nitrogens is 2. The van der Waals surface area contributed by atoms with Crippen molar-refractivity contribution in [3.8, 4) is 39.6 Å². The molecule has 1 saturated heterocycles. The van der Waals surface area contributed by atoms with Crippen molar-refractivity contribution in [2.45, 2.75) is 112 Å². The third-order valence-electron chi connectivity index (χ3n) is 15.2. The van der Waals surface area contributed by atoms with Gasteiger partial charge in [-0.05, 0) is 115 Å². The summed E-state index contributed by atoms with van der Waals surface area (Å²) in [5.41, 5.74) is 18.8. The van der Waals surface area contributed by atoms with E-state index in [9.17, 15) is 0 Å². The van der Waals surface area contributed by atoms with Gasteiger partial charge in [-0.25, -0.2) is 4.98 Å². The van der Waals surface area contributed by atoms with Crippen molar-refractivity contribution in [2.75, 3.05) is 0 Å². The summed E-state index contributed by atoms with van der Waals surface area (Å²) in [5.74, 6) is 3.59. The van der Waals surface area contributed by atoms with Crippen LogP contribution < -0.4 is 13.9 Å². The van der Waals surface area contributed by atoms with Crippen LogP contribution in [0.5, 0.6) is 11.5 Å². The number of fused-ring (bicyclic) bond motifs is 7. The normalized spacial score (nSPS) is 17.6. The Morgan fingerprint density at radius 3 is 1.84 bits per heavy atom. The Balaban J connectivity index is 1.11. The molecule has 0 N–H and O–H groups in total. The van der Waals surface area contributed by atoms with Gasteiger partial charge >= 0.3 is 0 Å². The van der Waals surface area contributed by atoms with E-state index in [2.05, 4.69) is 252 Å². The molecule has 0 radical (unpaired) electrons. The lowest BCUT2D eigenvalue weighted by molar-refractivity contribution is 0.422. The first-order chi connectivity index (χ1) is 33.4. The van der Waals surface area contributed by atoms with E-state index in [4.69, 9.17) is 9.72 Å².